The van der Waals surface area contributed by atoms with Gasteiger partial charge in [-0.1, -0.05) is 17.7 Å². The summed E-state index contributed by atoms with van der Waals surface area (Å²) in [5.41, 5.74) is 12.8. The Balaban J connectivity index is 3.40. The summed E-state index contributed by atoms with van der Waals surface area (Å²) in [6, 6.07) is 1.75. The zero-order valence-corrected chi connectivity index (χ0v) is 11.9. The normalized spacial score (nSPS) is 15.0. The Hall–Kier alpha value is -1.44. The molecule has 0 spiro atoms. The van der Waals surface area contributed by atoms with Gasteiger partial charge in [0.15, 0.2) is 9.84 Å². The second-order valence-electron chi connectivity index (χ2n) is 4.60. The lowest BCUT2D eigenvalue weighted by Gasteiger charge is -2.19. The van der Waals surface area contributed by atoms with Gasteiger partial charge < -0.3 is 16.6 Å². The zero-order chi connectivity index (χ0) is 15.0. The third kappa shape index (κ3) is 2.94. The first kappa shape index (κ1) is 15.6. The van der Waals surface area contributed by atoms with Gasteiger partial charge in [-0.3, -0.25) is 4.79 Å². The third-order valence-electron chi connectivity index (χ3n) is 2.89. The Kier molecular flexibility index (Phi) is 4.34. The molecule has 2 unspecified atom stereocenters. The van der Waals surface area contributed by atoms with Gasteiger partial charge >= 0.3 is 5.97 Å². The van der Waals surface area contributed by atoms with Crippen molar-refractivity contribution >= 4 is 15.8 Å². The summed E-state index contributed by atoms with van der Waals surface area (Å²) < 4.78 is 24.7. The van der Waals surface area contributed by atoms with Gasteiger partial charge in [0.25, 0.3) is 0 Å². The SMILES string of the molecule is Cc1cc(C)c(S(=O)(=O)C(N)C(N)C(=O)O)c(C)c1. The Morgan fingerprint density at radius 1 is 1.16 bits per heavy atom. The number of carboxylic acid groups (broad SMARTS) is 1. The van der Waals surface area contributed by atoms with Gasteiger partial charge in [0.2, 0.25) is 0 Å². The molecule has 0 heterocycles. The number of rotatable bonds is 4. The summed E-state index contributed by atoms with van der Waals surface area (Å²) in [6.45, 7) is 5.14. The first-order valence-corrected chi connectivity index (χ1v) is 7.19. The van der Waals surface area contributed by atoms with E-state index in [9.17, 15) is 13.2 Å². The first-order valence-electron chi connectivity index (χ1n) is 5.64. The number of aryl methyl sites for hydroxylation is 3. The Bertz CT molecular complexity index is 587. The van der Waals surface area contributed by atoms with Crippen LogP contribution >= 0.6 is 0 Å². The van der Waals surface area contributed by atoms with Gasteiger partial charge in [0.05, 0.1) is 4.90 Å². The van der Waals surface area contributed by atoms with Crippen molar-refractivity contribution < 1.29 is 18.3 Å². The van der Waals surface area contributed by atoms with E-state index in [2.05, 4.69) is 0 Å². The quantitative estimate of drug-likeness (QED) is 0.720. The Labute approximate surface area is 112 Å². The highest BCUT2D eigenvalue weighted by molar-refractivity contribution is 7.92. The molecule has 106 valence electrons. The van der Waals surface area contributed by atoms with Crippen molar-refractivity contribution in [3.8, 4) is 0 Å². The lowest BCUT2D eigenvalue weighted by atomic mass is 10.1. The van der Waals surface area contributed by atoms with Gasteiger partial charge in [-0.25, -0.2) is 8.42 Å². The van der Waals surface area contributed by atoms with Crippen LogP contribution in [-0.2, 0) is 14.6 Å². The predicted molar refractivity (Wildman–Crippen MR) is 71.4 cm³/mol. The van der Waals surface area contributed by atoms with Crippen LogP contribution in [0.5, 0.6) is 0 Å². The topological polar surface area (TPSA) is 123 Å². The fraction of sp³-hybridized carbons (Fsp3) is 0.417. The third-order valence-corrected chi connectivity index (χ3v) is 5.11. The molecule has 2 atom stereocenters. The highest BCUT2D eigenvalue weighted by Crippen LogP contribution is 2.25. The molecule has 0 aliphatic rings. The van der Waals surface area contributed by atoms with Crippen LogP contribution in [0, 0.1) is 20.8 Å². The monoisotopic (exact) mass is 286 g/mol. The molecule has 0 bridgehead atoms. The molecule has 7 heteroatoms. The highest BCUT2D eigenvalue weighted by Gasteiger charge is 2.35. The van der Waals surface area contributed by atoms with Crippen LogP contribution in [-0.4, -0.2) is 30.9 Å². The van der Waals surface area contributed by atoms with Crippen LogP contribution in [0.25, 0.3) is 0 Å². The van der Waals surface area contributed by atoms with E-state index >= 15 is 0 Å². The lowest BCUT2D eigenvalue weighted by Crippen LogP contribution is -2.51. The Morgan fingerprint density at radius 2 is 1.58 bits per heavy atom. The standard InChI is InChI=1S/C12H18N2O4S/c1-6-4-7(2)10(8(3)5-6)19(17,18)11(14)9(13)12(15)16/h4-5,9,11H,13-14H2,1-3H3,(H,15,16). The van der Waals surface area contributed by atoms with Crippen molar-refractivity contribution in [2.75, 3.05) is 0 Å². The van der Waals surface area contributed by atoms with E-state index in [1.54, 1.807) is 26.0 Å². The number of hydrogen-bond donors (Lipinski definition) is 3. The van der Waals surface area contributed by atoms with Crippen LogP contribution in [0.4, 0.5) is 0 Å². The van der Waals surface area contributed by atoms with Crippen molar-refractivity contribution in [1.29, 1.82) is 0 Å². The minimum atomic E-state index is -3.99. The molecule has 0 aliphatic carbocycles. The minimum Gasteiger partial charge on any atom is -0.480 e. The number of carboxylic acids is 1. The van der Waals surface area contributed by atoms with Crippen molar-refractivity contribution in [2.24, 2.45) is 11.5 Å². The summed E-state index contributed by atoms with van der Waals surface area (Å²) in [5.74, 6) is -1.45. The molecule has 0 radical (unpaired) electrons. The summed E-state index contributed by atoms with van der Waals surface area (Å²) in [7, 11) is -3.99. The second-order valence-corrected chi connectivity index (χ2v) is 6.64. The molecule has 0 saturated carbocycles. The summed E-state index contributed by atoms with van der Waals surface area (Å²) in [4.78, 5) is 10.8. The van der Waals surface area contributed by atoms with Crippen LogP contribution in [0.15, 0.2) is 17.0 Å². The van der Waals surface area contributed by atoms with Crippen molar-refractivity contribution in [1.82, 2.24) is 0 Å². The molecule has 0 aromatic heterocycles. The number of sulfone groups is 1. The van der Waals surface area contributed by atoms with Crippen LogP contribution in [0.1, 0.15) is 16.7 Å². The maximum absolute atomic E-state index is 12.4. The van der Waals surface area contributed by atoms with E-state index in [-0.39, 0.29) is 4.90 Å². The number of nitrogens with two attached hydrogens (primary N) is 2. The maximum Gasteiger partial charge on any atom is 0.323 e. The van der Waals surface area contributed by atoms with Crippen LogP contribution in [0.3, 0.4) is 0 Å². The lowest BCUT2D eigenvalue weighted by molar-refractivity contribution is -0.138. The maximum atomic E-state index is 12.4. The molecule has 0 amide bonds. The first-order chi connectivity index (χ1) is 8.59. The van der Waals surface area contributed by atoms with Crippen molar-refractivity contribution in [2.45, 2.75) is 37.1 Å². The zero-order valence-electron chi connectivity index (χ0n) is 11.0. The largest absolute Gasteiger partial charge is 0.480 e. The smallest absolute Gasteiger partial charge is 0.323 e. The van der Waals surface area contributed by atoms with E-state index in [0.29, 0.717) is 11.1 Å². The van der Waals surface area contributed by atoms with E-state index in [1.807, 2.05) is 6.92 Å². The van der Waals surface area contributed by atoms with Gasteiger partial charge in [-0.15, -0.1) is 0 Å². The molecule has 1 aromatic carbocycles. The van der Waals surface area contributed by atoms with E-state index in [4.69, 9.17) is 16.6 Å². The number of hydrogen-bond acceptors (Lipinski definition) is 5. The van der Waals surface area contributed by atoms with Crippen molar-refractivity contribution in [3.05, 3.63) is 28.8 Å². The van der Waals surface area contributed by atoms with Gasteiger partial charge in [0, 0.05) is 0 Å². The number of aliphatic carboxylic acids is 1. The predicted octanol–water partition coefficient (Wildman–Crippen LogP) is 0.0823. The number of carbonyl (C=O) groups is 1. The van der Waals surface area contributed by atoms with E-state index in [0.717, 1.165) is 5.56 Å². The number of benzene rings is 1. The molecule has 0 aliphatic heterocycles. The van der Waals surface area contributed by atoms with E-state index < -0.39 is 27.2 Å². The summed E-state index contributed by atoms with van der Waals surface area (Å²) in [6.07, 6.45) is 0. The molecular formula is C12H18N2O4S. The molecular weight excluding hydrogens is 268 g/mol. The van der Waals surface area contributed by atoms with Gasteiger partial charge in [0.1, 0.15) is 11.4 Å². The average Bonchev–Trinajstić information content (AvgIpc) is 2.24. The summed E-state index contributed by atoms with van der Waals surface area (Å²) in [5, 5.41) is 7.10. The highest BCUT2D eigenvalue weighted by atomic mass is 32.2. The van der Waals surface area contributed by atoms with Crippen LogP contribution in [0.2, 0.25) is 0 Å². The molecule has 19 heavy (non-hydrogen) atoms. The molecule has 6 nitrogen and oxygen atoms in total. The fourth-order valence-electron chi connectivity index (χ4n) is 2.09. The second kappa shape index (κ2) is 5.28. The molecule has 1 aromatic rings. The van der Waals surface area contributed by atoms with Crippen LogP contribution < -0.4 is 11.5 Å². The Morgan fingerprint density at radius 3 is 1.95 bits per heavy atom. The molecule has 0 saturated heterocycles. The molecule has 5 N–H and O–H groups in total. The van der Waals surface area contributed by atoms with Gasteiger partial charge in [-0.05, 0) is 31.9 Å². The van der Waals surface area contributed by atoms with Crippen molar-refractivity contribution in [3.63, 3.8) is 0 Å². The summed E-state index contributed by atoms with van der Waals surface area (Å²) >= 11 is 0. The fourth-order valence-corrected chi connectivity index (χ4v) is 3.88. The minimum absolute atomic E-state index is 0.0577. The average molecular weight is 286 g/mol. The van der Waals surface area contributed by atoms with Gasteiger partial charge in [-0.2, -0.15) is 0 Å². The van der Waals surface area contributed by atoms with E-state index in [1.165, 1.54) is 0 Å². The molecule has 0 fully saturated rings. The molecule has 1 rings (SSSR count).